The number of nitrogens with zero attached hydrogens (tertiary/aromatic N) is 1. The summed E-state index contributed by atoms with van der Waals surface area (Å²) in [5.74, 6) is 1.37. The number of piperidine rings is 1. The highest BCUT2D eigenvalue weighted by molar-refractivity contribution is 5.95. The van der Waals surface area contributed by atoms with E-state index in [-0.39, 0.29) is 17.9 Å². The summed E-state index contributed by atoms with van der Waals surface area (Å²) in [6.07, 6.45) is 1.19. The molecule has 0 aromatic carbocycles. The molecule has 1 aliphatic heterocycles. The van der Waals surface area contributed by atoms with E-state index in [1.807, 2.05) is 6.92 Å². The summed E-state index contributed by atoms with van der Waals surface area (Å²) in [6, 6.07) is 1.76. The lowest BCUT2D eigenvalue weighted by Crippen LogP contribution is -2.48. The van der Waals surface area contributed by atoms with Crippen LogP contribution in [0.25, 0.3) is 0 Å². The van der Waals surface area contributed by atoms with E-state index in [4.69, 9.17) is 4.42 Å². The molecule has 5 heteroatoms. The first-order valence-corrected chi connectivity index (χ1v) is 6.09. The predicted octanol–water partition coefficient (Wildman–Crippen LogP) is 1.25. The van der Waals surface area contributed by atoms with Crippen molar-refractivity contribution in [3.63, 3.8) is 0 Å². The molecular formula is C13H18N2O3. The maximum absolute atomic E-state index is 12.1. The molecule has 2 amide bonds. The molecule has 98 valence electrons. The number of carbonyl (C=O) groups is 2. The third kappa shape index (κ3) is 2.55. The van der Waals surface area contributed by atoms with Crippen LogP contribution in [0.5, 0.6) is 0 Å². The normalized spacial score (nSPS) is 20.1. The lowest BCUT2D eigenvalue weighted by Gasteiger charge is -2.30. The lowest BCUT2D eigenvalue weighted by molar-refractivity contribution is -0.132. The number of hydrogen-bond donors (Lipinski definition) is 1. The summed E-state index contributed by atoms with van der Waals surface area (Å²) in [5.41, 5.74) is 0.576. The average molecular weight is 250 g/mol. The molecule has 1 unspecified atom stereocenters. The zero-order chi connectivity index (χ0) is 13.3. The van der Waals surface area contributed by atoms with Crippen molar-refractivity contribution >= 4 is 11.8 Å². The van der Waals surface area contributed by atoms with E-state index in [1.165, 1.54) is 0 Å². The Bertz CT molecular complexity index is 479. The summed E-state index contributed by atoms with van der Waals surface area (Å²) in [4.78, 5) is 25.1. The molecule has 0 spiro atoms. The van der Waals surface area contributed by atoms with Gasteiger partial charge in [0.05, 0.1) is 5.56 Å². The smallest absolute Gasteiger partial charge is 0.255 e. The van der Waals surface area contributed by atoms with E-state index in [0.29, 0.717) is 30.7 Å². The van der Waals surface area contributed by atoms with E-state index < -0.39 is 0 Å². The van der Waals surface area contributed by atoms with Crippen LogP contribution < -0.4 is 5.32 Å². The van der Waals surface area contributed by atoms with Crippen molar-refractivity contribution in [1.29, 1.82) is 0 Å². The molecule has 1 aliphatic rings. The first-order valence-electron chi connectivity index (χ1n) is 6.09. The van der Waals surface area contributed by atoms with Gasteiger partial charge in [0, 0.05) is 26.1 Å². The molecule has 1 atom stereocenters. The highest BCUT2D eigenvalue weighted by Crippen LogP contribution is 2.15. The Morgan fingerprint density at radius 2 is 2.22 bits per heavy atom. The Morgan fingerprint density at radius 1 is 1.50 bits per heavy atom. The number of carbonyl (C=O) groups excluding carboxylic acids is 2. The Balaban J connectivity index is 2.00. The van der Waals surface area contributed by atoms with Crippen LogP contribution in [0.2, 0.25) is 0 Å². The van der Waals surface area contributed by atoms with Crippen molar-refractivity contribution in [3.05, 3.63) is 23.2 Å². The molecule has 2 heterocycles. The summed E-state index contributed by atoms with van der Waals surface area (Å²) >= 11 is 0. The van der Waals surface area contributed by atoms with Crippen LogP contribution in [-0.4, -0.2) is 36.3 Å². The Morgan fingerprint density at radius 3 is 2.78 bits per heavy atom. The highest BCUT2D eigenvalue weighted by Gasteiger charge is 2.25. The van der Waals surface area contributed by atoms with Crippen molar-refractivity contribution in [2.24, 2.45) is 0 Å². The highest BCUT2D eigenvalue weighted by atomic mass is 16.3. The second-order valence-corrected chi connectivity index (χ2v) is 4.81. The van der Waals surface area contributed by atoms with Crippen LogP contribution in [0.4, 0.5) is 0 Å². The van der Waals surface area contributed by atoms with Gasteiger partial charge in [0.25, 0.3) is 5.91 Å². The Kier molecular flexibility index (Phi) is 3.41. The van der Waals surface area contributed by atoms with Crippen molar-refractivity contribution in [2.75, 3.05) is 13.6 Å². The number of rotatable bonds is 2. The quantitative estimate of drug-likeness (QED) is 0.859. The number of nitrogens with one attached hydrogen (secondary N) is 1. The van der Waals surface area contributed by atoms with Gasteiger partial charge in [-0.25, -0.2) is 0 Å². The van der Waals surface area contributed by atoms with Crippen LogP contribution in [0, 0.1) is 13.8 Å². The molecule has 2 rings (SSSR count). The van der Waals surface area contributed by atoms with E-state index >= 15 is 0 Å². The third-order valence-electron chi connectivity index (χ3n) is 3.25. The van der Waals surface area contributed by atoms with E-state index in [0.717, 1.165) is 5.76 Å². The van der Waals surface area contributed by atoms with Crippen molar-refractivity contribution in [2.45, 2.75) is 32.7 Å². The van der Waals surface area contributed by atoms with Gasteiger partial charge >= 0.3 is 0 Å². The number of likely N-dealkylation sites (N-methyl/N-ethyl adjacent to an activating group) is 1. The largest absolute Gasteiger partial charge is 0.466 e. The summed E-state index contributed by atoms with van der Waals surface area (Å²) in [5, 5.41) is 2.95. The molecule has 0 saturated carbocycles. The van der Waals surface area contributed by atoms with Crippen LogP contribution in [0.1, 0.15) is 34.7 Å². The maximum atomic E-state index is 12.1. The summed E-state index contributed by atoms with van der Waals surface area (Å²) in [7, 11) is 1.76. The molecule has 0 bridgehead atoms. The van der Waals surface area contributed by atoms with Gasteiger partial charge in [-0.3, -0.25) is 9.59 Å². The van der Waals surface area contributed by atoms with Gasteiger partial charge in [-0.05, 0) is 26.3 Å². The van der Waals surface area contributed by atoms with Crippen LogP contribution >= 0.6 is 0 Å². The SMILES string of the molecule is Cc1cc(C(=O)NC2CCC(=O)N(C)C2)c(C)o1. The number of furan rings is 1. The summed E-state index contributed by atoms with van der Waals surface area (Å²) in [6.45, 7) is 4.16. The third-order valence-corrected chi connectivity index (χ3v) is 3.25. The topological polar surface area (TPSA) is 62.6 Å². The predicted molar refractivity (Wildman–Crippen MR) is 66.3 cm³/mol. The minimum atomic E-state index is -0.128. The molecule has 0 radical (unpaired) electrons. The molecule has 1 aromatic heterocycles. The molecule has 1 aromatic rings. The van der Waals surface area contributed by atoms with Gasteiger partial charge < -0.3 is 14.6 Å². The zero-order valence-corrected chi connectivity index (χ0v) is 10.9. The maximum Gasteiger partial charge on any atom is 0.255 e. The minimum absolute atomic E-state index is 0.0230. The number of amides is 2. The van der Waals surface area contributed by atoms with Gasteiger partial charge in [0.2, 0.25) is 5.91 Å². The Labute approximate surface area is 106 Å². The monoisotopic (exact) mass is 250 g/mol. The van der Waals surface area contributed by atoms with Crippen LogP contribution in [-0.2, 0) is 4.79 Å². The minimum Gasteiger partial charge on any atom is -0.466 e. The fourth-order valence-electron chi connectivity index (χ4n) is 2.25. The summed E-state index contributed by atoms with van der Waals surface area (Å²) < 4.78 is 5.34. The first kappa shape index (κ1) is 12.7. The lowest BCUT2D eigenvalue weighted by atomic mass is 10.1. The number of likely N-dealkylation sites (tertiary alicyclic amines) is 1. The molecule has 1 N–H and O–H groups in total. The second-order valence-electron chi connectivity index (χ2n) is 4.81. The number of hydrogen-bond acceptors (Lipinski definition) is 3. The second kappa shape index (κ2) is 4.84. The molecule has 1 saturated heterocycles. The number of aryl methyl sites for hydroxylation is 2. The average Bonchev–Trinajstić information content (AvgIpc) is 2.63. The first-order chi connectivity index (χ1) is 8.47. The fourth-order valence-corrected chi connectivity index (χ4v) is 2.25. The standard InChI is InChI=1S/C13H18N2O3/c1-8-6-11(9(2)18-8)13(17)14-10-4-5-12(16)15(3)7-10/h6,10H,4-5,7H2,1-3H3,(H,14,17). The van der Waals surface area contributed by atoms with Gasteiger partial charge in [0.15, 0.2) is 0 Å². The molecular weight excluding hydrogens is 232 g/mol. The van der Waals surface area contributed by atoms with Gasteiger partial charge in [-0.2, -0.15) is 0 Å². The van der Waals surface area contributed by atoms with Crippen molar-refractivity contribution in [1.82, 2.24) is 10.2 Å². The van der Waals surface area contributed by atoms with Gasteiger partial charge in [-0.1, -0.05) is 0 Å². The van der Waals surface area contributed by atoms with Gasteiger partial charge in [0.1, 0.15) is 11.5 Å². The van der Waals surface area contributed by atoms with Crippen molar-refractivity contribution < 1.29 is 14.0 Å². The van der Waals surface area contributed by atoms with E-state index in [9.17, 15) is 9.59 Å². The van der Waals surface area contributed by atoms with Crippen LogP contribution in [0.3, 0.4) is 0 Å². The van der Waals surface area contributed by atoms with Crippen LogP contribution in [0.15, 0.2) is 10.5 Å². The molecule has 0 aliphatic carbocycles. The Hall–Kier alpha value is -1.78. The molecule has 1 fully saturated rings. The van der Waals surface area contributed by atoms with Gasteiger partial charge in [-0.15, -0.1) is 0 Å². The van der Waals surface area contributed by atoms with Crippen molar-refractivity contribution in [3.8, 4) is 0 Å². The molecule has 18 heavy (non-hydrogen) atoms. The van der Waals surface area contributed by atoms with E-state index in [2.05, 4.69) is 5.32 Å². The van der Waals surface area contributed by atoms with E-state index in [1.54, 1.807) is 24.9 Å². The zero-order valence-electron chi connectivity index (χ0n) is 10.9. The molecule has 5 nitrogen and oxygen atoms in total. The fraction of sp³-hybridized carbons (Fsp3) is 0.538.